The van der Waals surface area contributed by atoms with Gasteiger partial charge >= 0.3 is 0 Å². The van der Waals surface area contributed by atoms with Crippen LogP contribution in [0.3, 0.4) is 0 Å². The number of aryl methyl sites for hydroxylation is 1. The van der Waals surface area contributed by atoms with E-state index in [1.807, 2.05) is 31.2 Å². The molecule has 0 bridgehead atoms. The number of ether oxygens (including phenoxy) is 1. The first kappa shape index (κ1) is 21.0. The highest BCUT2D eigenvalue weighted by atomic mass is 16.5. The zero-order chi connectivity index (χ0) is 19.8. The minimum Gasteiger partial charge on any atom is -0.497 e. The van der Waals surface area contributed by atoms with Gasteiger partial charge in [0.2, 0.25) is 0 Å². The average Bonchev–Trinajstić information content (AvgIpc) is 2.70. The number of amides is 1. The smallest absolute Gasteiger partial charge is 0.278 e. The van der Waals surface area contributed by atoms with Gasteiger partial charge in [0.15, 0.2) is 6.04 Å². The van der Waals surface area contributed by atoms with Crippen LogP contribution < -0.4 is 15.4 Å². The number of rotatable bonds is 9. The molecule has 1 amide bonds. The summed E-state index contributed by atoms with van der Waals surface area (Å²) in [4.78, 5) is 12.6. The minimum absolute atomic E-state index is 0.0571. The molecule has 0 radical (unpaired) electrons. The number of nitrogens with two attached hydrogens (primary N) is 1. The fraction of sp³-hybridized carbons (Fsp3) is 0.435. The minimum atomic E-state index is -0.151. The second kappa shape index (κ2) is 10.1. The molecule has 0 saturated heterocycles. The third-order valence-corrected chi connectivity index (χ3v) is 5.03. The van der Waals surface area contributed by atoms with Crippen LogP contribution in [0, 0.1) is 5.92 Å². The summed E-state index contributed by atoms with van der Waals surface area (Å²) in [6.07, 6.45) is 1.04. The summed E-state index contributed by atoms with van der Waals surface area (Å²) in [5, 5.41) is 5.21. The average molecular weight is 370 g/mol. The molecule has 0 aliphatic rings. The molecule has 3 N–H and O–H groups in total. The van der Waals surface area contributed by atoms with Gasteiger partial charge in [0.1, 0.15) is 11.8 Å². The van der Waals surface area contributed by atoms with Gasteiger partial charge in [0, 0.05) is 18.0 Å². The Bertz CT molecular complexity index is 708. The lowest BCUT2D eigenvalue weighted by Gasteiger charge is -2.23. The molecule has 2 aromatic rings. The lowest BCUT2D eigenvalue weighted by atomic mass is 9.94. The second-order valence-corrected chi connectivity index (χ2v) is 7.41. The highest BCUT2D eigenvalue weighted by Crippen LogP contribution is 2.18. The van der Waals surface area contributed by atoms with Gasteiger partial charge in [-0.05, 0) is 36.6 Å². The van der Waals surface area contributed by atoms with Crippen molar-refractivity contribution in [2.24, 2.45) is 5.92 Å². The highest BCUT2D eigenvalue weighted by molar-refractivity contribution is 5.79. The molecule has 0 aliphatic carbocycles. The zero-order valence-electron chi connectivity index (χ0n) is 17.2. The molecule has 2 aromatic carbocycles. The first-order valence-corrected chi connectivity index (χ1v) is 9.79. The van der Waals surface area contributed by atoms with E-state index in [4.69, 9.17) is 4.74 Å². The fourth-order valence-corrected chi connectivity index (χ4v) is 3.19. The van der Waals surface area contributed by atoms with Crippen molar-refractivity contribution in [2.45, 2.75) is 52.7 Å². The number of carbonyl (C=O) groups excluding carboxylic acids is 1. The molecule has 0 aliphatic heterocycles. The Morgan fingerprint density at radius 2 is 1.59 bits per heavy atom. The third-order valence-electron chi connectivity index (χ3n) is 5.03. The molecule has 2 rings (SSSR count). The summed E-state index contributed by atoms with van der Waals surface area (Å²) in [6, 6.07) is 16.6. The Balaban J connectivity index is 1.94. The van der Waals surface area contributed by atoms with Gasteiger partial charge in [-0.25, -0.2) is 0 Å². The van der Waals surface area contributed by atoms with E-state index in [1.54, 1.807) is 7.11 Å². The van der Waals surface area contributed by atoms with E-state index in [2.05, 4.69) is 55.7 Å². The van der Waals surface area contributed by atoms with Crippen molar-refractivity contribution in [3.05, 3.63) is 65.2 Å². The summed E-state index contributed by atoms with van der Waals surface area (Å²) in [5.74, 6) is 1.32. The molecular weight excluding hydrogens is 336 g/mol. The number of hydrogen-bond donors (Lipinski definition) is 2. The van der Waals surface area contributed by atoms with Gasteiger partial charge in [-0.2, -0.15) is 0 Å². The Labute approximate surface area is 163 Å². The fourth-order valence-electron chi connectivity index (χ4n) is 3.19. The third kappa shape index (κ3) is 6.10. The summed E-state index contributed by atoms with van der Waals surface area (Å²) in [7, 11) is 1.65. The van der Waals surface area contributed by atoms with Gasteiger partial charge in [-0.1, -0.05) is 57.2 Å². The van der Waals surface area contributed by atoms with E-state index in [-0.39, 0.29) is 18.0 Å². The Morgan fingerprint density at radius 1 is 1.00 bits per heavy atom. The van der Waals surface area contributed by atoms with Crippen LogP contribution in [-0.4, -0.2) is 19.1 Å². The van der Waals surface area contributed by atoms with Crippen molar-refractivity contribution < 1.29 is 14.8 Å². The van der Waals surface area contributed by atoms with E-state index in [0.717, 1.165) is 17.7 Å². The molecule has 0 fully saturated rings. The SMILES string of the molecule is CCc1ccc([C@H]([NH2+][C@@H](C)C(=O)NCc2ccc(OC)cc2)C(C)C)cc1. The van der Waals surface area contributed by atoms with Crippen LogP contribution in [0.2, 0.25) is 0 Å². The van der Waals surface area contributed by atoms with Gasteiger partial charge in [-0.15, -0.1) is 0 Å². The van der Waals surface area contributed by atoms with Crippen molar-refractivity contribution in [3.8, 4) is 5.75 Å². The Kier molecular flexibility index (Phi) is 7.86. The molecule has 27 heavy (non-hydrogen) atoms. The molecule has 0 heterocycles. The van der Waals surface area contributed by atoms with Gasteiger partial charge in [0.25, 0.3) is 5.91 Å². The molecule has 0 spiro atoms. The van der Waals surface area contributed by atoms with Crippen LogP contribution in [0.1, 0.15) is 50.4 Å². The van der Waals surface area contributed by atoms with Crippen LogP contribution in [-0.2, 0) is 17.8 Å². The summed E-state index contributed by atoms with van der Waals surface area (Å²) < 4.78 is 5.16. The van der Waals surface area contributed by atoms with Crippen LogP contribution in [0.5, 0.6) is 5.75 Å². The maximum absolute atomic E-state index is 12.6. The Morgan fingerprint density at radius 3 is 2.11 bits per heavy atom. The molecule has 4 nitrogen and oxygen atoms in total. The van der Waals surface area contributed by atoms with Gasteiger partial charge in [0.05, 0.1) is 7.11 Å². The van der Waals surface area contributed by atoms with Gasteiger partial charge in [-0.3, -0.25) is 4.79 Å². The number of methoxy groups -OCH3 is 1. The lowest BCUT2D eigenvalue weighted by Crippen LogP contribution is -2.93. The second-order valence-electron chi connectivity index (χ2n) is 7.41. The maximum Gasteiger partial charge on any atom is 0.278 e. The van der Waals surface area contributed by atoms with Crippen molar-refractivity contribution >= 4 is 5.91 Å². The molecule has 0 unspecified atom stereocenters. The van der Waals surface area contributed by atoms with Crippen LogP contribution in [0.4, 0.5) is 0 Å². The van der Waals surface area contributed by atoms with E-state index in [9.17, 15) is 4.79 Å². The zero-order valence-corrected chi connectivity index (χ0v) is 17.2. The van der Waals surface area contributed by atoms with E-state index in [0.29, 0.717) is 12.5 Å². The predicted octanol–water partition coefficient (Wildman–Crippen LogP) is 3.22. The summed E-state index contributed by atoms with van der Waals surface area (Å²) >= 11 is 0. The lowest BCUT2D eigenvalue weighted by molar-refractivity contribution is -0.719. The van der Waals surface area contributed by atoms with E-state index in [1.165, 1.54) is 11.1 Å². The monoisotopic (exact) mass is 369 g/mol. The normalized spacial score (nSPS) is 13.3. The standard InChI is InChI=1S/C23H32N2O2/c1-6-18-7-11-20(12-8-18)22(16(2)3)25-17(4)23(26)24-15-19-9-13-21(27-5)14-10-19/h7-14,16-17,22,25H,6,15H2,1-5H3,(H,24,26)/p+1/t17-,22+/m0/s1. The number of nitrogens with one attached hydrogen (secondary N) is 1. The predicted molar refractivity (Wildman–Crippen MR) is 110 cm³/mol. The highest BCUT2D eigenvalue weighted by Gasteiger charge is 2.25. The van der Waals surface area contributed by atoms with E-state index >= 15 is 0 Å². The van der Waals surface area contributed by atoms with Crippen LogP contribution in [0.25, 0.3) is 0 Å². The number of hydrogen-bond acceptors (Lipinski definition) is 2. The number of quaternary nitrogens is 1. The number of carbonyl (C=O) groups is 1. The van der Waals surface area contributed by atoms with Crippen molar-refractivity contribution in [2.75, 3.05) is 7.11 Å². The van der Waals surface area contributed by atoms with Crippen LogP contribution in [0.15, 0.2) is 48.5 Å². The summed E-state index contributed by atoms with van der Waals surface area (Å²) in [5.41, 5.74) is 3.68. The topological polar surface area (TPSA) is 54.9 Å². The molecule has 4 heteroatoms. The first-order valence-electron chi connectivity index (χ1n) is 9.79. The van der Waals surface area contributed by atoms with Crippen LogP contribution >= 0.6 is 0 Å². The quantitative estimate of drug-likeness (QED) is 0.713. The Hall–Kier alpha value is -2.33. The largest absolute Gasteiger partial charge is 0.497 e. The summed E-state index contributed by atoms with van der Waals surface area (Å²) in [6.45, 7) is 9.07. The molecule has 0 saturated carbocycles. The maximum atomic E-state index is 12.6. The molecule has 146 valence electrons. The van der Waals surface area contributed by atoms with Crippen molar-refractivity contribution in [1.82, 2.24) is 5.32 Å². The van der Waals surface area contributed by atoms with Crippen molar-refractivity contribution in [3.63, 3.8) is 0 Å². The molecule has 0 aromatic heterocycles. The first-order chi connectivity index (χ1) is 12.9. The van der Waals surface area contributed by atoms with Crippen molar-refractivity contribution in [1.29, 1.82) is 0 Å². The van der Waals surface area contributed by atoms with E-state index < -0.39 is 0 Å². The molecule has 2 atom stereocenters. The van der Waals surface area contributed by atoms with Gasteiger partial charge < -0.3 is 15.4 Å². The molecular formula is C23H33N2O2+. The number of benzene rings is 2.